The van der Waals surface area contributed by atoms with Crippen molar-refractivity contribution in [3.05, 3.63) is 33.8 Å². The molecule has 0 saturated carbocycles. The summed E-state index contributed by atoms with van der Waals surface area (Å²) in [6.07, 6.45) is 0.0794. The molecule has 7 heteroatoms. The lowest BCUT2D eigenvalue weighted by Crippen LogP contribution is -2.17. The molecule has 0 heterocycles. The maximum atomic E-state index is 12.4. The first-order valence-corrected chi connectivity index (χ1v) is 8.49. The van der Waals surface area contributed by atoms with Crippen molar-refractivity contribution in [2.45, 2.75) is 19.9 Å². The number of benzene rings is 1. The maximum Gasteiger partial charge on any atom is 0.332 e. The molecule has 0 aliphatic heterocycles. The third-order valence-corrected chi connectivity index (χ3v) is 5.14. The fraction of sp³-hybridized carbons (Fsp3) is 0.500. The molecule has 2 N–H and O–H groups in total. The summed E-state index contributed by atoms with van der Waals surface area (Å²) in [5.41, 5.74) is 6.70. The van der Waals surface area contributed by atoms with Crippen LogP contribution in [0.3, 0.4) is 0 Å². The van der Waals surface area contributed by atoms with Crippen molar-refractivity contribution in [3.63, 3.8) is 0 Å². The summed E-state index contributed by atoms with van der Waals surface area (Å²) in [6, 6.07) is 4.48. The van der Waals surface area contributed by atoms with Gasteiger partial charge in [-0.15, -0.1) is 0 Å². The van der Waals surface area contributed by atoms with Gasteiger partial charge in [-0.1, -0.05) is 29.3 Å². The number of nitrogens with two attached hydrogens (primary N) is 1. The smallest absolute Gasteiger partial charge is 0.323 e. The fourth-order valence-electron chi connectivity index (χ4n) is 1.68. The standard InChI is InChI=1S/C12H18Cl2NO3P/c1-3-17-19(16,18-4-2)8-12(15)10-6-5-9(13)7-11(10)14/h5-7,12H,3-4,8,15H2,1-2H3/t12-/m1/s1. The average molecular weight is 326 g/mol. The van der Waals surface area contributed by atoms with Gasteiger partial charge in [-0.25, -0.2) is 0 Å². The molecule has 108 valence electrons. The van der Waals surface area contributed by atoms with Gasteiger partial charge in [0.05, 0.1) is 19.4 Å². The predicted octanol–water partition coefficient (Wildman–Crippen LogP) is 4.26. The van der Waals surface area contributed by atoms with Crippen LogP contribution in [-0.2, 0) is 13.6 Å². The summed E-state index contributed by atoms with van der Waals surface area (Å²) >= 11 is 11.9. The Morgan fingerprint density at radius 2 is 1.84 bits per heavy atom. The van der Waals surface area contributed by atoms with Crippen molar-refractivity contribution in [2.24, 2.45) is 5.73 Å². The Morgan fingerprint density at radius 1 is 1.26 bits per heavy atom. The Hall–Kier alpha value is -0.0900. The molecule has 1 aromatic carbocycles. The molecule has 0 aliphatic rings. The van der Waals surface area contributed by atoms with Crippen LogP contribution in [0.25, 0.3) is 0 Å². The highest BCUT2D eigenvalue weighted by molar-refractivity contribution is 7.53. The van der Waals surface area contributed by atoms with Gasteiger partial charge in [-0.05, 0) is 31.5 Å². The van der Waals surface area contributed by atoms with Gasteiger partial charge in [-0.3, -0.25) is 4.57 Å². The molecule has 0 aliphatic carbocycles. The zero-order chi connectivity index (χ0) is 14.5. The Kier molecular flexibility index (Phi) is 6.81. The normalized spacial score (nSPS) is 13.5. The molecule has 0 spiro atoms. The number of hydrogen-bond acceptors (Lipinski definition) is 4. The van der Waals surface area contributed by atoms with E-state index in [2.05, 4.69) is 0 Å². The molecule has 0 unspecified atom stereocenters. The minimum atomic E-state index is -3.19. The van der Waals surface area contributed by atoms with Gasteiger partial charge >= 0.3 is 7.60 Å². The van der Waals surface area contributed by atoms with Crippen LogP contribution in [0.2, 0.25) is 10.0 Å². The van der Waals surface area contributed by atoms with Crippen molar-refractivity contribution >= 4 is 30.8 Å². The van der Waals surface area contributed by atoms with Crippen LogP contribution in [0, 0.1) is 0 Å². The van der Waals surface area contributed by atoms with E-state index >= 15 is 0 Å². The van der Waals surface area contributed by atoms with Gasteiger partial charge in [0.25, 0.3) is 0 Å². The summed E-state index contributed by atoms with van der Waals surface area (Å²) < 4.78 is 22.8. The van der Waals surface area contributed by atoms with Gasteiger partial charge in [0, 0.05) is 16.1 Å². The Bertz CT molecular complexity index is 460. The van der Waals surface area contributed by atoms with Gasteiger partial charge < -0.3 is 14.8 Å². The van der Waals surface area contributed by atoms with Crippen LogP contribution < -0.4 is 5.73 Å². The second kappa shape index (κ2) is 7.63. The summed E-state index contributed by atoms with van der Waals surface area (Å²) in [5.74, 6) is 0. The molecule has 0 aromatic heterocycles. The van der Waals surface area contributed by atoms with E-state index in [0.29, 0.717) is 28.8 Å². The molecule has 1 atom stereocenters. The van der Waals surface area contributed by atoms with E-state index in [1.807, 2.05) is 0 Å². The molecule has 0 saturated heterocycles. The first-order valence-electron chi connectivity index (χ1n) is 6.00. The lowest BCUT2D eigenvalue weighted by atomic mass is 10.1. The molecule has 0 radical (unpaired) electrons. The van der Waals surface area contributed by atoms with Crippen molar-refractivity contribution in [1.29, 1.82) is 0 Å². The molecule has 19 heavy (non-hydrogen) atoms. The van der Waals surface area contributed by atoms with E-state index in [1.54, 1.807) is 32.0 Å². The predicted molar refractivity (Wildman–Crippen MR) is 79.1 cm³/mol. The monoisotopic (exact) mass is 325 g/mol. The van der Waals surface area contributed by atoms with E-state index in [0.717, 1.165) is 0 Å². The number of halogens is 2. The average Bonchev–Trinajstić information content (AvgIpc) is 2.28. The lowest BCUT2D eigenvalue weighted by molar-refractivity contribution is 0.218. The molecule has 0 fully saturated rings. The molecule has 1 rings (SSSR count). The minimum Gasteiger partial charge on any atom is -0.323 e. The highest BCUT2D eigenvalue weighted by atomic mass is 35.5. The third-order valence-electron chi connectivity index (χ3n) is 2.43. The highest BCUT2D eigenvalue weighted by Crippen LogP contribution is 2.50. The number of rotatable bonds is 7. The molecule has 1 aromatic rings. The number of hydrogen-bond donors (Lipinski definition) is 1. The van der Waals surface area contributed by atoms with Crippen LogP contribution in [0.1, 0.15) is 25.5 Å². The van der Waals surface area contributed by atoms with Crippen LogP contribution in [0.15, 0.2) is 18.2 Å². The second-order valence-corrected chi connectivity index (χ2v) is 6.85. The van der Waals surface area contributed by atoms with Crippen LogP contribution >= 0.6 is 30.8 Å². The summed E-state index contributed by atoms with van der Waals surface area (Å²) in [5, 5.41) is 0.971. The van der Waals surface area contributed by atoms with E-state index in [-0.39, 0.29) is 6.16 Å². The third kappa shape index (κ3) is 5.07. The Balaban J connectivity index is 2.87. The van der Waals surface area contributed by atoms with Crippen molar-refractivity contribution in [3.8, 4) is 0 Å². The summed E-state index contributed by atoms with van der Waals surface area (Å²) in [7, 11) is -3.19. The SMILES string of the molecule is CCOP(=O)(C[C@@H](N)c1ccc(Cl)cc1Cl)OCC. The quantitative estimate of drug-likeness (QED) is 0.761. The summed E-state index contributed by atoms with van der Waals surface area (Å²) in [6.45, 7) is 4.12. The zero-order valence-electron chi connectivity index (χ0n) is 10.9. The van der Waals surface area contributed by atoms with Gasteiger partial charge in [-0.2, -0.15) is 0 Å². The van der Waals surface area contributed by atoms with Gasteiger partial charge in [0.1, 0.15) is 0 Å². The molecule has 4 nitrogen and oxygen atoms in total. The first kappa shape index (κ1) is 17.0. The zero-order valence-corrected chi connectivity index (χ0v) is 13.3. The fourth-order valence-corrected chi connectivity index (χ4v) is 3.98. The highest BCUT2D eigenvalue weighted by Gasteiger charge is 2.28. The topological polar surface area (TPSA) is 61.5 Å². The van der Waals surface area contributed by atoms with E-state index in [1.165, 1.54) is 0 Å². The van der Waals surface area contributed by atoms with E-state index in [9.17, 15) is 4.57 Å². The largest absolute Gasteiger partial charge is 0.332 e. The molecular weight excluding hydrogens is 308 g/mol. The van der Waals surface area contributed by atoms with E-state index in [4.69, 9.17) is 38.0 Å². The maximum absolute atomic E-state index is 12.4. The Labute approximate surface area is 123 Å². The summed E-state index contributed by atoms with van der Waals surface area (Å²) in [4.78, 5) is 0. The molecular formula is C12H18Cl2NO3P. The van der Waals surface area contributed by atoms with E-state index < -0.39 is 13.6 Å². The van der Waals surface area contributed by atoms with Crippen molar-refractivity contribution in [2.75, 3.05) is 19.4 Å². The van der Waals surface area contributed by atoms with Crippen LogP contribution in [0.5, 0.6) is 0 Å². The van der Waals surface area contributed by atoms with Gasteiger partial charge in [0.15, 0.2) is 0 Å². The van der Waals surface area contributed by atoms with Gasteiger partial charge in [0.2, 0.25) is 0 Å². The minimum absolute atomic E-state index is 0.0794. The van der Waals surface area contributed by atoms with Crippen LogP contribution in [0.4, 0.5) is 0 Å². The molecule has 0 bridgehead atoms. The molecule has 0 amide bonds. The lowest BCUT2D eigenvalue weighted by Gasteiger charge is -2.21. The van der Waals surface area contributed by atoms with Crippen molar-refractivity contribution < 1.29 is 13.6 Å². The Morgan fingerprint density at radius 3 is 2.32 bits per heavy atom. The van der Waals surface area contributed by atoms with Crippen LogP contribution in [-0.4, -0.2) is 19.4 Å². The van der Waals surface area contributed by atoms with Crippen molar-refractivity contribution in [1.82, 2.24) is 0 Å². The first-order chi connectivity index (χ1) is 8.91. The second-order valence-electron chi connectivity index (χ2n) is 3.90.